The Labute approximate surface area is 201 Å². The lowest BCUT2D eigenvalue weighted by Gasteiger charge is -2.31. The number of nitrogens with one attached hydrogen (secondary N) is 1. The number of halogens is 1. The maximum absolute atomic E-state index is 14.7. The highest BCUT2D eigenvalue weighted by molar-refractivity contribution is 7.22. The highest BCUT2D eigenvalue weighted by atomic mass is 32.1. The summed E-state index contributed by atoms with van der Waals surface area (Å²) >= 11 is 1.36. The summed E-state index contributed by atoms with van der Waals surface area (Å²) in [6.07, 6.45) is 7.07. The molecule has 1 aliphatic heterocycles. The predicted molar refractivity (Wildman–Crippen MR) is 134 cm³/mol. The van der Waals surface area contributed by atoms with E-state index in [9.17, 15) is 9.18 Å². The zero-order valence-electron chi connectivity index (χ0n) is 19.5. The van der Waals surface area contributed by atoms with Gasteiger partial charge in [0, 0.05) is 24.1 Å². The summed E-state index contributed by atoms with van der Waals surface area (Å²) in [6, 6.07) is 5.88. The zero-order chi connectivity index (χ0) is 23.8. The van der Waals surface area contributed by atoms with Crippen LogP contribution in [0.4, 0.5) is 16.2 Å². The highest BCUT2D eigenvalue weighted by Gasteiger charge is 2.21. The molecule has 176 valence electrons. The van der Waals surface area contributed by atoms with Crippen LogP contribution in [0.25, 0.3) is 20.7 Å². The van der Waals surface area contributed by atoms with Crippen molar-refractivity contribution in [1.29, 1.82) is 0 Å². The number of anilines is 2. The van der Waals surface area contributed by atoms with Gasteiger partial charge in [0.25, 0.3) is 5.56 Å². The van der Waals surface area contributed by atoms with Gasteiger partial charge in [0.15, 0.2) is 5.82 Å². The van der Waals surface area contributed by atoms with Crippen molar-refractivity contribution in [2.45, 2.75) is 32.6 Å². The molecule has 4 aromatic heterocycles. The number of pyridine rings is 2. The monoisotopic (exact) mass is 478 g/mol. The van der Waals surface area contributed by atoms with Crippen molar-refractivity contribution in [3.05, 3.63) is 64.1 Å². The first-order valence-corrected chi connectivity index (χ1v) is 12.3. The SMILES string of the molecule is CCN1CCC(c2ccc(Nc3ncc(F)c(-c4sc5ccn(C)c(=O)c5c4C)n3)nc2)CC1. The van der Waals surface area contributed by atoms with E-state index in [1.54, 1.807) is 13.2 Å². The van der Waals surface area contributed by atoms with Crippen molar-refractivity contribution in [2.75, 3.05) is 25.0 Å². The molecule has 0 bridgehead atoms. The van der Waals surface area contributed by atoms with Crippen molar-refractivity contribution in [3.8, 4) is 10.6 Å². The van der Waals surface area contributed by atoms with Crippen molar-refractivity contribution < 1.29 is 4.39 Å². The number of nitrogens with zero attached hydrogens (tertiary/aromatic N) is 5. The molecule has 0 amide bonds. The van der Waals surface area contributed by atoms with Gasteiger partial charge in [0.05, 0.1) is 16.5 Å². The fourth-order valence-electron chi connectivity index (χ4n) is 4.57. The van der Waals surface area contributed by atoms with Crippen molar-refractivity contribution in [2.24, 2.45) is 7.05 Å². The van der Waals surface area contributed by atoms with E-state index < -0.39 is 5.82 Å². The largest absolute Gasteiger partial charge is 0.318 e. The topological polar surface area (TPSA) is 75.9 Å². The molecule has 0 atom stereocenters. The number of fused-ring (bicyclic) bond motifs is 1. The van der Waals surface area contributed by atoms with Crippen molar-refractivity contribution in [3.63, 3.8) is 0 Å². The predicted octanol–water partition coefficient (Wildman–Crippen LogP) is 4.84. The van der Waals surface area contributed by atoms with Gasteiger partial charge in [-0.1, -0.05) is 13.0 Å². The zero-order valence-corrected chi connectivity index (χ0v) is 20.3. The van der Waals surface area contributed by atoms with E-state index in [2.05, 4.69) is 38.2 Å². The number of hydrogen-bond acceptors (Lipinski definition) is 7. The second-order valence-corrected chi connectivity index (χ2v) is 9.78. The molecule has 5 rings (SSSR count). The maximum Gasteiger partial charge on any atom is 0.259 e. The minimum Gasteiger partial charge on any atom is -0.318 e. The Morgan fingerprint density at radius 2 is 1.97 bits per heavy atom. The van der Waals surface area contributed by atoms with E-state index in [0.29, 0.717) is 22.0 Å². The molecule has 7 nitrogen and oxygen atoms in total. The Bertz CT molecular complexity index is 1390. The van der Waals surface area contributed by atoms with Crippen LogP contribution >= 0.6 is 11.3 Å². The van der Waals surface area contributed by atoms with Crippen LogP contribution < -0.4 is 10.9 Å². The Kier molecular flexibility index (Phi) is 6.14. The van der Waals surface area contributed by atoms with Crippen LogP contribution in [0.1, 0.15) is 36.8 Å². The lowest BCUT2D eigenvalue weighted by Crippen LogP contribution is -2.32. The molecule has 4 aromatic rings. The minimum atomic E-state index is -0.529. The average molecular weight is 479 g/mol. The molecule has 0 radical (unpaired) electrons. The number of aryl methyl sites for hydroxylation is 2. The number of piperidine rings is 1. The molecule has 0 saturated carbocycles. The maximum atomic E-state index is 14.7. The first-order valence-electron chi connectivity index (χ1n) is 11.5. The van der Waals surface area contributed by atoms with Crippen LogP contribution in [0.2, 0.25) is 0 Å². The van der Waals surface area contributed by atoms with Gasteiger partial charge >= 0.3 is 0 Å². The molecule has 1 aliphatic rings. The minimum absolute atomic E-state index is 0.102. The van der Waals surface area contributed by atoms with E-state index in [1.165, 1.54) is 21.5 Å². The van der Waals surface area contributed by atoms with Crippen LogP contribution in [-0.2, 0) is 7.05 Å². The second kappa shape index (κ2) is 9.23. The average Bonchev–Trinajstić information content (AvgIpc) is 3.20. The smallest absolute Gasteiger partial charge is 0.259 e. The number of aromatic nitrogens is 4. The van der Waals surface area contributed by atoms with E-state index >= 15 is 0 Å². The Morgan fingerprint density at radius 3 is 2.68 bits per heavy atom. The van der Waals surface area contributed by atoms with Crippen LogP contribution in [0.3, 0.4) is 0 Å². The van der Waals surface area contributed by atoms with Gasteiger partial charge in [-0.15, -0.1) is 11.3 Å². The summed E-state index contributed by atoms with van der Waals surface area (Å²) in [7, 11) is 1.71. The molecule has 0 aliphatic carbocycles. The van der Waals surface area contributed by atoms with Gasteiger partial charge in [0.2, 0.25) is 5.95 Å². The van der Waals surface area contributed by atoms with Crippen LogP contribution in [0.15, 0.2) is 41.6 Å². The van der Waals surface area contributed by atoms with Gasteiger partial charge < -0.3 is 14.8 Å². The Balaban J connectivity index is 1.39. The summed E-state index contributed by atoms with van der Waals surface area (Å²) < 4.78 is 17.1. The fraction of sp³-hybridized carbons (Fsp3) is 0.360. The van der Waals surface area contributed by atoms with Crippen LogP contribution in [-0.4, -0.2) is 44.1 Å². The van der Waals surface area contributed by atoms with Gasteiger partial charge in [-0.25, -0.2) is 19.3 Å². The van der Waals surface area contributed by atoms with E-state index in [1.807, 2.05) is 25.3 Å². The first kappa shape index (κ1) is 22.6. The summed E-state index contributed by atoms with van der Waals surface area (Å²) in [6.45, 7) is 7.38. The normalized spacial score (nSPS) is 15.2. The van der Waals surface area contributed by atoms with E-state index in [4.69, 9.17) is 0 Å². The standard InChI is InChI=1S/C25H27FN6OS/c1-4-32-11-7-16(8-12-32)17-5-6-20(27-13-17)29-25-28-14-18(26)22(30-25)23-15(2)21-19(34-23)9-10-31(3)24(21)33/h5-6,9-10,13-14,16H,4,7-8,11-12H2,1-3H3,(H,27,28,29,30). The van der Waals surface area contributed by atoms with E-state index in [0.717, 1.165) is 48.9 Å². The summed E-state index contributed by atoms with van der Waals surface area (Å²) in [5, 5.41) is 3.69. The molecule has 0 aromatic carbocycles. The third-order valence-corrected chi connectivity index (χ3v) is 7.91. The van der Waals surface area contributed by atoms with Crippen LogP contribution in [0, 0.1) is 12.7 Å². The molecule has 5 heterocycles. The Morgan fingerprint density at radius 1 is 1.18 bits per heavy atom. The highest BCUT2D eigenvalue weighted by Crippen LogP contribution is 2.37. The molecular weight excluding hydrogens is 451 g/mol. The van der Waals surface area contributed by atoms with Gasteiger partial charge in [-0.2, -0.15) is 0 Å². The van der Waals surface area contributed by atoms with E-state index in [-0.39, 0.29) is 17.2 Å². The fourth-order valence-corrected chi connectivity index (χ4v) is 5.76. The third-order valence-electron chi connectivity index (χ3n) is 6.65. The first-order chi connectivity index (χ1) is 16.4. The summed E-state index contributed by atoms with van der Waals surface area (Å²) in [5.74, 6) is 0.868. The molecule has 0 unspecified atom stereocenters. The van der Waals surface area contributed by atoms with Crippen LogP contribution in [0.5, 0.6) is 0 Å². The number of thiophene rings is 1. The molecular formula is C25H27FN6OS. The summed E-state index contributed by atoms with van der Waals surface area (Å²) in [5.41, 5.74) is 2.04. The van der Waals surface area contributed by atoms with Gasteiger partial charge in [-0.3, -0.25) is 4.79 Å². The van der Waals surface area contributed by atoms with Gasteiger partial charge in [0.1, 0.15) is 11.5 Å². The number of rotatable bonds is 5. The summed E-state index contributed by atoms with van der Waals surface area (Å²) in [4.78, 5) is 28.8. The lowest BCUT2D eigenvalue weighted by atomic mass is 9.90. The lowest BCUT2D eigenvalue weighted by molar-refractivity contribution is 0.222. The third kappa shape index (κ3) is 4.21. The molecule has 0 spiro atoms. The molecule has 34 heavy (non-hydrogen) atoms. The van der Waals surface area contributed by atoms with Crippen molar-refractivity contribution in [1.82, 2.24) is 24.4 Å². The molecule has 9 heteroatoms. The quantitative estimate of drug-likeness (QED) is 0.442. The van der Waals surface area contributed by atoms with Gasteiger partial charge in [-0.05, 0) is 68.6 Å². The second-order valence-electron chi connectivity index (χ2n) is 8.73. The van der Waals surface area contributed by atoms with Crippen molar-refractivity contribution >= 4 is 33.2 Å². The molecule has 1 N–H and O–H groups in total. The number of likely N-dealkylation sites (tertiary alicyclic amines) is 1. The Hall–Kier alpha value is -3.17. The number of hydrogen-bond donors (Lipinski definition) is 1. The molecule has 1 fully saturated rings. The molecule has 1 saturated heterocycles.